The Morgan fingerprint density at radius 2 is 1.88 bits per heavy atom. The van der Waals surface area contributed by atoms with Gasteiger partial charge in [-0.1, -0.05) is 46.3 Å². The van der Waals surface area contributed by atoms with Crippen molar-refractivity contribution in [3.05, 3.63) is 64.1 Å². The maximum atomic E-state index is 12.0. The molecule has 24 heavy (non-hydrogen) atoms. The van der Waals surface area contributed by atoms with E-state index in [9.17, 15) is 4.79 Å². The van der Waals surface area contributed by atoms with Crippen molar-refractivity contribution in [3.8, 4) is 5.75 Å². The molecular formula is C19H22BrNO3. The van der Waals surface area contributed by atoms with E-state index in [1.807, 2.05) is 62.4 Å². The van der Waals surface area contributed by atoms with Crippen LogP contribution in [0, 0.1) is 0 Å². The lowest BCUT2D eigenvalue weighted by Gasteiger charge is -2.13. The molecule has 4 nitrogen and oxygen atoms in total. The third-order valence-electron chi connectivity index (χ3n) is 3.33. The van der Waals surface area contributed by atoms with E-state index in [0.717, 1.165) is 15.6 Å². The predicted octanol–water partition coefficient (Wildman–Crippen LogP) is 4.07. The Labute approximate surface area is 151 Å². The van der Waals surface area contributed by atoms with Gasteiger partial charge in [-0.3, -0.25) is 4.79 Å². The molecule has 0 fully saturated rings. The molecule has 0 unspecified atom stereocenters. The minimum Gasteiger partial charge on any atom is -0.484 e. The van der Waals surface area contributed by atoms with Crippen LogP contribution in [0.4, 0.5) is 0 Å². The molecule has 0 saturated carbocycles. The van der Waals surface area contributed by atoms with Crippen LogP contribution < -0.4 is 10.1 Å². The molecule has 0 aliphatic rings. The SMILES string of the molecule is CC(C)OCc1ccccc1CNC(=O)COc1cccc(Br)c1. The molecule has 1 amide bonds. The molecule has 0 spiro atoms. The number of amides is 1. The summed E-state index contributed by atoms with van der Waals surface area (Å²) in [4.78, 5) is 12.0. The summed E-state index contributed by atoms with van der Waals surface area (Å²) in [6, 6.07) is 15.4. The molecule has 2 aromatic rings. The predicted molar refractivity (Wildman–Crippen MR) is 97.9 cm³/mol. The molecule has 0 atom stereocenters. The zero-order chi connectivity index (χ0) is 17.4. The Bertz CT molecular complexity index is 673. The topological polar surface area (TPSA) is 47.6 Å². The molecule has 2 rings (SSSR count). The van der Waals surface area contributed by atoms with Gasteiger partial charge >= 0.3 is 0 Å². The van der Waals surface area contributed by atoms with Gasteiger partial charge < -0.3 is 14.8 Å². The van der Waals surface area contributed by atoms with Crippen molar-refractivity contribution in [3.63, 3.8) is 0 Å². The molecule has 0 aliphatic carbocycles. The van der Waals surface area contributed by atoms with Gasteiger partial charge in [0.1, 0.15) is 5.75 Å². The molecule has 5 heteroatoms. The Hall–Kier alpha value is -1.85. The van der Waals surface area contributed by atoms with Crippen LogP contribution in [0.1, 0.15) is 25.0 Å². The lowest BCUT2D eigenvalue weighted by atomic mass is 10.1. The standard InChI is InChI=1S/C19H22BrNO3/c1-14(2)23-12-16-7-4-3-6-15(16)11-21-19(22)13-24-18-9-5-8-17(20)10-18/h3-10,14H,11-13H2,1-2H3,(H,21,22). The van der Waals surface area contributed by atoms with Crippen LogP contribution in [0.2, 0.25) is 0 Å². The summed E-state index contributed by atoms with van der Waals surface area (Å²) in [5.41, 5.74) is 2.13. The van der Waals surface area contributed by atoms with Crippen LogP contribution in [-0.2, 0) is 22.7 Å². The van der Waals surface area contributed by atoms with Gasteiger partial charge in [-0.25, -0.2) is 0 Å². The number of nitrogens with one attached hydrogen (secondary N) is 1. The normalized spacial score (nSPS) is 10.7. The van der Waals surface area contributed by atoms with Gasteiger partial charge in [-0.05, 0) is 43.2 Å². The second-order valence-electron chi connectivity index (χ2n) is 5.65. The quantitative estimate of drug-likeness (QED) is 0.737. The van der Waals surface area contributed by atoms with E-state index in [1.54, 1.807) is 0 Å². The third kappa shape index (κ3) is 6.34. The lowest BCUT2D eigenvalue weighted by molar-refractivity contribution is -0.123. The van der Waals surface area contributed by atoms with E-state index in [1.165, 1.54) is 0 Å². The van der Waals surface area contributed by atoms with Crippen LogP contribution in [-0.4, -0.2) is 18.6 Å². The van der Waals surface area contributed by atoms with Crippen LogP contribution in [0.25, 0.3) is 0 Å². The molecule has 0 bridgehead atoms. The van der Waals surface area contributed by atoms with E-state index in [4.69, 9.17) is 9.47 Å². The first kappa shape index (κ1) is 18.5. The number of hydrogen-bond donors (Lipinski definition) is 1. The minimum atomic E-state index is -0.158. The highest BCUT2D eigenvalue weighted by atomic mass is 79.9. The summed E-state index contributed by atoms with van der Waals surface area (Å²) in [7, 11) is 0. The Balaban J connectivity index is 1.83. The number of rotatable bonds is 8. The summed E-state index contributed by atoms with van der Waals surface area (Å²) < 4.78 is 12.0. The van der Waals surface area contributed by atoms with Gasteiger partial charge in [0, 0.05) is 11.0 Å². The Morgan fingerprint density at radius 1 is 1.12 bits per heavy atom. The molecule has 0 radical (unpaired) electrons. The number of halogens is 1. The van der Waals surface area contributed by atoms with Crippen molar-refractivity contribution in [1.29, 1.82) is 0 Å². The highest BCUT2D eigenvalue weighted by Crippen LogP contribution is 2.17. The van der Waals surface area contributed by atoms with E-state index < -0.39 is 0 Å². The molecule has 1 N–H and O–H groups in total. The zero-order valence-corrected chi connectivity index (χ0v) is 15.5. The number of hydrogen-bond acceptors (Lipinski definition) is 3. The van der Waals surface area contributed by atoms with Crippen molar-refractivity contribution >= 4 is 21.8 Å². The molecule has 0 heterocycles. The summed E-state index contributed by atoms with van der Waals surface area (Å²) in [5, 5.41) is 2.88. The number of carbonyl (C=O) groups is 1. The van der Waals surface area contributed by atoms with Crippen LogP contribution in [0.5, 0.6) is 5.75 Å². The first-order valence-corrected chi connectivity index (χ1v) is 8.67. The van der Waals surface area contributed by atoms with Crippen molar-refractivity contribution < 1.29 is 14.3 Å². The van der Waals surface area contributed by atoms with Crippen molar-refractivity contribution in [2.75, 3.05) is 6.61 Å². The maximum absolute atomic E-state index is 12.0. The monoisotopic (exact) mass is 391 g/mol. The van der Waals surface area contributed by atoms with Crippen molar-refractivity contribution in [2.45, 2.75) is 33.1 Å². The Morgan fingerprint density at radius 3 is 2.58 bits per heavy atom. The van der Waals surface area contributed by atoms with Gasteiger partial charge in [0.05, 0.1) is 12.7 Å². The second kappa shape index (κ2) is 9.45. The van der Waals surface area contributed by atoms with E-state index >= 15 is 0 Å². The van der Waals surface area contributed by atoms with Crippen molar-refractivity contribution in [2.24, 2.45) is 0 Å². The number of carbonyl (C=O) groups excluding carboxylic acids is 1. The van der Waals surface area contributed by atoms with E-state index in [0.29, 0.717) is 18.9 Å². The fraction of sp³-hybridized carbons (Fsp3) is 0.316. The summed E-state index contributed by atoms with van der Waals surface area (Å²) in [5.74, 6) is 0.500. The van der Waals surface area contributed by atoms with Crippen molar-refractivity contribution in [1.82, 2.24) is 5.32 Å². The maximum Gasteiger partial charge on any atom is 0.258 e. The first-order chi connectivity index (χ1) is 11.5. The fourth-order valence-corrected chi connectivity index (χ4v) is 2.46. The number of benzene rings is 2. The molecular weight excluding hydrogens is 370 g/mol. The van der Waals surface area contributed by atoms with Crippen LogP contribution in [0.15, 0.2) is 53.0 Å². The molecule has 0 aromatic heterocycles. The Kier molecular flexibility index (Phi) is 7.28. The lowest BCUT2D eigenvalue weighted by Crippen LogP contribution is -2.28. The zero-order valence-electron chi connectivity index (χ0n) is 13.9. The molecule has 0 aliphatic heterocycles. The van der Waals surface area contributed by atoms with Crippen LogP contribution in [0.3, 0.4) is 0 Å². The molecule has 128 valence electrons. The number of ether oxygens (including phenoxy) is 2. The van der Waals surface area contributed by atoms with Gasteiger partial charge in [-0.15, -0.1) is 0 Å². The second-order valence-corrected chi connectivity index (χ2v) is 6.57. The molecule has 2 aromatic carbocycles. The average molecular weight is 392 g/mol. The summed E-state index contributed by atoms with van der Waals surface area (Å²) in [6.45, 7) is 4.99. The average Bonchev–Trinajstić information content (AvgIpc) is 2.57. The van der Waals surface area contributed by atoms with Crippen LogP contribution >= 0.6 is 15.9 Å². The first-order valence-electron chi connectivity index (χ1n) is 7.88. The summed E-state index contributed by atoms with van der Waals surface area (Å²) >= 11 is 3.37. The van der Waals surface area contributed by atoms with E-state index in [-0.39, 0.29) is 18.6 Å². The highest BCUT2D eigenvalue weighted by Gasteiger charge is 2.07. The van der Waals surface area contributed by atoms with Gasteiger partial charge in [-0.2, -0.15) is 0 Å². The smallest absolute Gasteiger partial charge is 0.258 e. The third-order valence-corrected chi connectivity index (χ3v) is 3.83. The minimum absolute atomic E-state index is 0.0128. The van der Waals surface area contributed by atoms with Gasteiger partial charge in [0.25, 0.3) is 5.91 Å². The largest absolute Gasteiger partial charge is 0.484 e. The summed E-state index contributed by atoms with van der Waals surface area (Å²) in [6.07, 6.45) is 0.172. The fourth-order valence-electron chi connectivity index (χ4n) is 2.08. The van der Waals surface area contributed by atoms with Gasteiger partial charge in [0.2, 0.25) is 0 Å². The van der Waals surface area contributed by atoms with Gasteiger partial charge in [0.15, 0.2) is 6.61 Å². The van der Waals surface area contributed by atoms with E-state index in [2.05, 4.69) is 21.2 Å². The highest BCUT2D eigenvalue weighted by molar-refractivity contribution is 9.10. The molecule has 0 saturated heterocycles.